The number of hydrogen-bond donors (Lipinski definition) is 3. The minimum atomic E-state index is -3.95. The van der Waals surface area contributed by atoms with E-state index in [-0.39, 0.29) is 19.5 Å². The van der Waals surface area contributed by atoms with E-state index < -0.39 is 21.7 Å². The molecule has 0 radical (unpaired) electrons. The highest BCUT2D eigenvalue weighted by molar-refractivity contribution is 9.11. The maximum absolute atomic E-state index is 13.3. The third-order valence-electron chi connectivity index (χ3n) is 2.95. The quantitative estimate of drug-likeness (QED) is 0.336. The Hall–Kier alpha value is -1.75. The monoisotopic (exact) mass is 492 g/mol. The average molecular weight is 494 g/mol. The molecule has 0 aromatic heterocycles. The number of carbonyl (C=O) groups is 1. The number of halogens is 3. The molecule has 2 rings (SSSR count). The van der Waals surface area contributed by atoms with E-state index in [1.807, 2.05) is 0 Å². The first kappa shape index (κ1) is 19.6. The standard InChI is InChI=1S/C15H11Br2FN2O4S/c16-12-7-10(18)8-13(17)15(12)20-25(23,24)11-3-1-2-9(6-11)4-5-14(21)19-22/h1-8,20,22H,(H,19,21)/b5-4+. The van der Waals surface area contributed by atoms with E-state index in [9.17, 15) is 17.6 Å². The molecular weight excluding hydrogens is 483 g/mol. The van der Waals surface area contributed by atoms with Crippen molar-refractivity contribution < 1.29 is 22.8 Å². The fourth-order valence-corrected chi connectivity index (χ4v) is 4.57. The predicted octanol–water partition coefficient (Wildman–Crippen LogP) is 3.67. The van der Waals surface area contributed by atoms with Crippen LogP contribution < -0.4 is 10.2 Å². The van der Waals surface area contributed by atoms with Crippen molar-refractivity contribution in [3.8, 4) is 0 Å². The molecule has 3 N–H and O–H groups in total. The van der Waals surface area contributed by atoms with E-state index in [1.54, 1.807) is 6.07 Å². The van der Waals surface area contributed by atoms with Crippen molar-refractivity contribution >= 4 is 59.6 Å². The predicted molar refractivity (Wildman–Crippen MR) is 98.0 cm³/mol. The molecule has 0 saturated heterocycles. The SMILES string of the molecule is O=C(/C=C/c1cccc(S(=O)(=O)Nc2c(Br)cc(F)cc2Br)c1)NO. The third-order valence-corrected chi connectivity index (χ3v) is 5.55. The highest BCUT2D eigenvalue weighted by Crippen LogP contribution is 2.33. The topological polar surface area (TPSA) is 95.5 Å². The van der Waals surface area contributed by atoms with Crippen LogP contribution in [0.1, 0.15) is 5.56 Å². The molecule has 6 nitrogen and oxygen atoms in total. The number of hydroxylamine groups is 1. The van der Waals surface area contributed by atoms with E-state index in [0.29, 0.717) is 5.56 Å². The van der Waals surface area contributed by atoms with Gasteiger partial charge in [0.25, 0.3) is 15.9 Å². The van der Waals surface area contributed by atoms with Crippen LogP contribution in [0.3, 0.4) is 0 Å². The molecule has 1 amide bonds. The van der Waals surface area contributed by atoms with E-state index >= 15 is 0 Å². The lowest BCUT2D eigenvalue weighted by atomic mass is 10.2. The van der Waals surface area contributed by atoms with Crippen molar-refractivity contribution in [2.45, 2.75) is 4.90 Å². The number of carbonyl (C=O) groups excluding carboxylic acids is 1. The molecular formula is C15H11Br2FN2O4S. The van der Waals surface area contributed by atoms with Gasteiger partial charge in [-0.05, 0) is 67.8 Å². The summed E-state index contributed by atoms with van der Waals surface area (Å²) in [6, 6.07) is 8.07. The first-order chi connectivity index (χ1) is 11.7. The molecule has 0 spiro atoms. The Bertz CT molecular complexity index is 925. The first-order valence-electron chi connectivity index (χ1n) is 6.62. The second-order valence-corrected chi connectivity index (χ2v) is 8.12. The molecule has 25 heavy (non-hydrogen) atoms. The Morgan fingerprint density at radius 1 is 1.16 bits per heavy atom. The van der Waals surface area contributed by atoms with Gasteiger partial charge in [0.05, 0.1) is 10.6 Å². The molecule has 0 fully saturated rings. The van der Waals surface area contributed by atoms with Gasteiger partial charge in [-0.15, -0.1) is 0 Å². The van der Waals surface area contributed by atoms with Gasteiger partial charge in [-0.3, -0.25) is 14.7 Å². The van der Waals surface area contributed by atoms with Crippen molar-refractivity contribution in [1.82, 2.24) is 5.48 Å². The molecule has 0 saturated carbocycles. The van der Waals surface area contributed by atoms with Gasteiger partial charge in [0.2, 0.25) is 0 Å². The number of rotatable bonds is 5. The summed E-state index contributed by atoms with van der Waals surface area (Å²) in [6.45, 7) is 0. The summed E-state index contributed by atoms with van der Waals surface area (Å²) in [5.74, 6) is -1.28. The summed E-state index contributed by atoms with van der Waals surface area (Å²) < 4.78 is 41.2. The minimum absolute atomic E-state index is 0.0535. The minimum Gasteiger partial charge on any atom is -0.288 e. The van der Waals surface area contributed by atoms with Gasteiger partial charge in [-0.25, -0.2) is 18.3 Å². The Morgan fingerprint density at radius 3 is 2.40 bits per heavy atom. The van der Waals surface area contributed by atoms with Gasteiger partial charge >= 0.3 is 0 Å². The van der Waals surface area contributed by atoms with Crippen LogP contribution in [-0.2, 0) is 14.8 Å². The molecule has 10 heteroatoms. The summed E-state index contributed by atoms with van der Waals surface area (Å²) in [4.78, 5) is 10.9. The number of nitrogens with one attached hydrogen (secondary N) is 2. The summed E-state index contributed by atoms with van der Waals surface area (Å²) in [5, 5.41) is 8.44. The lowest BCUT2D eigenvalue weighted by Crippen LogP contribution is -2.15. The summed E-state index contributed by atoms with van der Waals surface area (Å²) in [5.41, 5.74) is 2.02. The van der Waals surface area contributed by atoms with Gasteiger partial charge in [0.1, 0.15) is 5.82 Å². The number of amides is 1. The van der Waals surface area contributed by atoms with E-state index in [2.05, 4.69) is 36.6 Å². The maximum atomic E-state index is 13.3. The Labute approximate surface area is 160 Å². The molecule has 0 unspecified atom stereocenters. The zero-order chi connectivity index (χ0) is 18.6. The van der Waals surface area contributed by atoms with Gasteiger partial charge in [-0.2, -0.15) is 0 Å². The Morgan fingerprint density at radius 2 is 1.80 bits per heavy atom. The van der Waals surface area contributed by atoms with E-state index in [4.69, 9.17) is 5.21 Å². The van der Waals surface area contributed by atoms with Crippen molar-refractivity contribution in [3.05, 3.63) is 62.8 Å². The normalized spacial score (nSPS) is 11.5. The summed E-state index contributed by atoms with van der Waals surface area (Å²) >= 11 is 6.22. The Kier molecular flexibility index (Phi) is 6.33. The number of anilines is 1. The van der Waals surface area contributed by atoms with Crippen LogP contribution in [0.5, 0.6) is 0 Å². The fraction of sp³-hybridized carbons (Fsp3) is 0. The molecule has 2 aromatic carbocycles. The number of hydrogen-bond acceptors (Lipinski definition) is 4. The van der Waals surface area contributed by atoms with E-state index in [1.165, 1.54) is 29.8 Å². The highest BCUT2D eigenvalue weighted by atomic mass is 79.9. The van der Waals surface area contributed by atoms with Crippen LogP contribution in [0, 0.1) is 5.82 Å². The number of sulfonamides is 1. The lowest BCUT2D eigenvalue weighted by Gasteiger charge is -2.12. The molecule has 0 aliphatic heterocycles. The molecule has 2 aromatic rings. The summed E-state index contributed by atoms with van der Waals surface area (Å²) in [6.07, 6.45) is 2.39. The fourth-order valence-electron chi connectivity index (χ4n) is 1.83. The van der Waals surface area contributed by atoms with Crippen LogP contribution in [0.2, 0.25) is 0 Å². The van der Waals surface area contributed by atoms with Crippen LogP contribution >= 0.6 is 31.9 Å². The summed E-state index contributed by atoms with van der Waals surface area (Å²) in [7, 11) is -3.95. The Balaban J connectivity index is 2.35. The molecule has 0 bridgehead atoms. The van der Waals surface area contributed by atoms with Crippen LogP contribution in [-0.4, -0.2) is 19.5 Å². The smallest absolute Gasteiger partial charge is 0.267 e. The van der Waals surface area contributed by atoms with Crippen molar-refractivity contribution in [1.29, 1.82) is 0 Å². The molecule has 0 aliphatic rings. The largest absolute Gasteiger partial charge is 0.288 e. The third kappa shape index (κ3) is 5.11. The molecule has 132 valence electrons. The van der Waals surface area contributed by atoms with E-state index in [0.717, 1.165) is 18.2 Å². The van der Waals surface area contributed by atoms with Gasteiger partial charge < -0.3 is 0 Å². The van der Waals surface area contributed by atoms with Crippen molar-refractivity contribution in [3.63, 3.8) is 0 Å². The van der Waals surface area contributed by atoms with Crippen LogP contribution in [0.15, 0.2) is 56.3 Å². The van der Waals surface area contributed by atoms with Crippen molar-refractivity contribution in [2.75, 3.05) is 4.72 Å². The molecule has 0 aliphatic carbocycles. The highest BCUT2D eigenvalue weighted by Gasteiger charge is 2.18. The zero-order valence-corrected chi connectivity index (χ0v) is 16.3. The molecule has 0 heterocycles. The average Bonchev–Trinajstić information content (AvgIpc) is 2.56. The lowest BCUT2D eigenvalue weighted by molar-refractivity contribution is -0.124. The van der Waals surface area contributed by atoms with Gasteiger partial charge in [-0.1, -0.05) is 12.1 Å². The maximum Gasteiger partial charge on any atom is 0.267 e. The second kappa shape index (κ2) is 8.09. The van der Waals surface area contributed by atoms with Gasteiger partial charge in [0.15, 0.2) is 0 Å². The molecule has 0 atom stereocenters. The van der Waals surface area contributed by atoms with Gasteiger partial charge in [0, 0.05) is 15.0 Å². The first-order valence-corrected chi connectivity index (χ1v) is 9.69. The van der Waals surface area contributed by atoms with Crippen LogP contribution in [0.25, 0.3) is 6.08 Å². The second-order valence-electron chi connectivity index (χ2n) is 4.73. The van der Waals surface area contributed by atoms with Crippen LogP contribution in [0.4, 0.5) is 10.1 Å². The zero-order valence-electron chi connectivity index (χ0n) is 12.3. The van der Waals surface area contributed by atoms with Crippen molar-refractivity contribution in [2.24, 2.45) is 0 Å². The number of benzene rings is 2.